The molecule has 5 heteroatoms. The van der Waals surface area contributed by atoms with Crippen molar-refractivity contribution in [2.75, 3.05) is 12.5 Å². The molecule has 0 aromatic rings. The zero-order chi connectivity index (χ0) is 16.9. The van der Waals surface area contributed by atoms with Gasteiger partial charge in [0.05, 0.1) is 0 Å². The standard InChI is InChI=1S/C16H31O2.C2H2ClO.Li/c1-3-5-6-7-8-9-10-11-12-13-14-15-16(17)18-4-2;3-1-2-4;/h2-15H2,1H3;1H2;/q2*-1;+1. The van der Waals surface area contributed by atoms with Crippen LogP contribution in [0.3, 0.4) is 0 Å². The van der Waals surface area contributed by atoms with Crippen molar-refractivity contribution in [2.45, 2.75) is 84.0 Å². The van der Waals surface area contributed by atoms with Crippen LogP contribution in [0.2, 0.25) is 0 Å². The van der Waals surface area contributed by atoms with E-state index in [0.717, 1.165) is 12.8 Å². The average molecular weight is 340 g/mol. The Balaban J connectivity index is -0.000000712. The van der Waals surface area contributed by atoms with Crippen LogP contribution in [-0.2, 0) is 14.3 Å². The zero-order valence-electron chi connectivity index (χ0n) is 15.2. The van der Waals surface area contributed by atoms with Gasteiger partial charge in [0, 0.05) is 6.42 Å². The van der Waals surface area contributed by atoms with Gasteiger partial charge in [-0.05, 0) is 13.0 Å². The van der Waals surface area contributed by atoms with Crippen LogP contribution in [0.25, 0.3) is 0 Å². The van der Waals surface area contributed by atoms with Crippen LogP contribution >= 0.6 is 11.6 Å². The van der Waals surface area contributed by atoms with Gasteiger partial charge in [0.2, 0.25) is 0 Å². The quantitative estimate of drug-likeness (QED) is 0.160. The van der Waals surface area contributed by atoms with E-state index in [1.165, 1.54) is 64.1 Å². The Kier molecular flexibility index (Phi) is 32.6. The molecule has 0 atom stereocenters. The number of esters is 1. The summed E-state index contributed by atoms with van der Waals surface area (Å²) in [5, 5.41) is 0. The molecule has 0 fully saturated rings. The maximum atomic E-state index is 11.0. The fraction of sp³-hybridized carbons (Fsp3) is 0.833. The minimum Gasteiger partial charge on any atom is -0.541 e. The molecule has 0 bridgehead atoms. The van der Waals surface area contributed by atoms with Gasteiger partial charge >= 0.3 is 24.8 Å². The van der Waals surface area contributed by atoms with Gasteiger partial charge in [-0.3, -0.25) is 4.79 Å². The monoisotopic (exact) mass is 339 g/mol. The first-order chi connectivity index (χ1) is 10.7. The predicted molar refractivity (Wildman–Crippen MR) is 93.8 cm³/mol. The zero-order valence-corrected chi connectivity index (χ0v) is 16.0. The molecule has 132 valence electrons. The molecular weight excluding hydrogens is 307 g/mol. The number of alkyl halides is 1. The Morgan fingerprint density at radius 3 is 1.70 bits per heavy atom. The van der Waals surface area contributed by atoms with E-state index in [1.807, 2.05) is 0 Å². The van der Waals surface area contributed by atoms with Gasteiger partial charge in [-0.25, -0.2) is 6.29 Å². The van der Waals surface area contributed by atoms with Crippen LogP contribution in [0.5, 0.6) is 0 Å². The molecule has 0 saturated carbocycles. The van der Waals surface area contributed by atoms with E-state index in [9.17, 15) is 4.79 Å². The molecule has 0 aromatic heterocycles. The molecule has 0 N–H and O–H groups in total. The number of halogens is 1. The first kappa shape index (κ1) is 27.9. The van der Waals surface area contributed by atoms with E-state index in [4.69, 9.17) is 21.1 Å². The van der Waals surface area contributed by atoms with Crippen LogP contribution < -0.4 is 18.9 Å². The first-order valence-electron chi connectivity index (χ1n) is 8.58. The van der Waals surface area contributed by atoms with Gasteiger partial charge < -0.3 is 16.5 Å². The van der Waals surface area contributed by atoms with Crippen molar-refractivity contribution < 1.29 is 33.2 Å². The maximum Gasteiger partial charge on any atom is 1.00 e. The van der Waals surface area contributed by atoms with E-state index in [1.54, 1.807) is 0 Å². The second-order valence-corrected chi connectivity index (χ2v) is 5.55. The van der Waals surface area contributed by atoms with Gasteiger partial charge in [0.25, 0.3) is 0 Å². The summed E-state index contributed by atoms with van der Waals surface area (Å²) >= 11 is 4.76. The minimum atomic E-state index is -0.0964. The minimum absolute atomic E-state index is 0. The summed E-state index contributed by atoms with van der Waals surface area (Å²) in [7, 11) is 0. The molecule has 0 aliphatic rings. The number of unbranched alkanes of at least 4 members (excludes halogenated alkanes) is 10. The van der Waals surface area contributed by atoms with Crippen LogP contribution in [0.15, 0.2) is 0 Å². The fourth-order valence-electron chi connectivity index (χ4n) is 2.12. The molecule has 0 rings (SSSR count). The Labute approximate surface area is 160 Å². The SMILES string of the molecule is O=[C-]CCl.[CH2-]COC(=O)CCCCCCCCCCCCC.[Li+]. The maximum absolute atomic E-state index is 11.0. The molecule has 0 heterocycles. The molecule has 3 nitrogen and oxygen atoms in total. The van der Waals surface area contributed by atoms with E-state index in [0.29, 0.717) is 6.42 Å². The summed E-state index contributed by atoms with van der Waals surface area (Å²) in [6.45, 7) is 6.00. The van der Waals surface area contributed by atoms with Crippen LogP contribution in [0.4, 0.5) is 0 Å². The van der Waals surface area contributed by atoms with E-state index in [2.05, 4.69) is 13.8 Å². The molecular formula is C18H33ClLiO3-. The van der Waals surface area contributed by atoms with Gasteiger partial charge in [-0.15, -0.1) is 0 Å². The van der Waals surface area contributed by atoms with E-state index < -0.39 is 0 Å². The summed E-state index contributed by atoms with van der Waals surface area (Å²) in [4.78, 5) is 20.0. The van der Waals surface area contributed by atoms with Crippen LogP contribution in [0.1, 0.15) is 84.0 Å². The van der Waals surface area contributed by atoms with Crippen molar-refractivity contribution >= 4 is 23.9 Å². The number of hydrogen-bond acceptors (Lipinski definition) is 3. The van der Waals surface area contributed by atoms with Gasteiger partial charge in [-0.1, -0.05) is 77.0 Å². The average Bonchev–Trinajstić information content (AvgIpc) is 2.53. The molecule has 0 radical (unpaired) electrons. The Morgan fingerprint density at radius 1 is 0.957 bits per heavy atom. The summed E-state index contributed by atoms with van der Waals surface area (Å²) in [6.07, 6.45) is 16.4. The van der Waals surface area contributed by atoms with Crippen LogP contribution in [-0.4, -0.2) is 24.7 Å². The number of carbonyl (C=O) groups excluding carboxylic acids is 2. The molecule has 0 amide bonds. The van der Waals surface area contributed by atoms with Gasteiger partial charge in [0.1, 0.15) is 0 Å². The van der Waals surface area contributed by atoms with Crippen molar-refractivity contribution in [3.63, 3.8) is 0 Å². The normalized spacial score (nSPS) is 9.35. The topological polar surface area (TPSA) is 43.4 Å². The van der Waals surface area contributed by atoms with Gasteiger partial charge in [0.15, 0.2) is 0 Å². The van der Waals surface area contributed by atoms with Gasteiger partial charge in [-0.2, -0.15) is 11.6 Å². The van der Waals surface area contributed by atoms with Crippen molar-refractivity contribution in [1.29, 1.82) is 0 Å². The van der Waals surface area contributed by atoms with Crippen LogP contribution in [0, 0.1) is 6.92 Å². The molecule has 0 aliphatic carbocycles. The Morgan fingerprint density at radius 2 is 1.35 bits per heavy atom. The van der Waals surface area contributed by atoms with E-state index in [-0.39, 0.29) is 37.3 Å². The molecule has 0 aromatic carbocycles. The molecule has 0 saturated heterocycles. The molecule has 0 spiro atoms. The largest absolute Gasteiger partial charge is 1.00 e. The second-order valence-electron chi connectivity index (χ2n) is 5.28. The van der Waals surface area contributed by atoms with Crippen molar-refractivity contribution in [1.82, 2.24) is 0 Å². The third kappa shape index (κ3) is 30.5. The fourth-order valence-corrected chi connectivity index (χ4v) is 2.12. The molecule has 0 unspecified atom stereocenters. The second kappa shape index (κ2) is 26.9. The van der Waals surface area contributed by atoms with E-state index >= 15 is 0 Å². The smallest absolute Gasteiger partial charge is 0.541 e. The summed E-state index contributed by atoms with van der Waals surface area (Å²) in [6, 6.07) is 0. The Hall–Kier alpha value is 0.0274. The van der Waals surface area contributed by atoms with Crippen molar-refractivity contribution in [2.24, 2.45) is 0 Å². The molecule has 0 aliphatic heterocycles. The summed E-state index contributed by atoms with van der Waals surface area (Å²) < 4.78 is 4.78. The Bertz CT molecular complexity index is 238. The summed E-state index contributed by atoms with van der Waals surface area (Å²) in [5.74, 6) is -0.110. The number of rotatable bonds is 14. The predicted octanol–water partition coefficient (Wildman–Crippen LogP) is 2.40. The third-order valence-corrected chi connectivity index (χ3v) is 3.41. The number of ether oxygens (including phenoxy) is 1. The summed E-state index contributed by atoms with van der Waals surface area (Å²) in [5.41, 5.74) is 0. The van der Waals surface area contributed by atoms with Crippen molar-refractivity contribution in [3.8, 4) is 0 Å². The molecule has 23 heavy (non-hydrogen) atoms. The van der Waals surface area contributed by atoms with Crippen molar-refractivity contribution in [3.05, 3.63) is 6.92 Å². The number of carbonyl (C=O) groups is 1. The number of hydrogen-bond donors (Lipinski definition) is 0. The first-order valence-corrected chi connectivity index (χ1v) is 9.12. The third-order valence-electron chi connectivity index (χ3n) is 3.30.